The number of nitrogens with one attached hydrogen (secondary N) is 1. The van der Waals surface area contributed by atoms with Crippen LogP contribution < -0.4 is 5.32 Å². The molecule has 22 heavy (non-hydrogen) atoms. The zero-order valence-corrected chi connectivity index (χ0v) is 13.6. The second kappa shape index (κ2) is 7.59. The minimum atomic E-state index is 0.212. The molecule has 2 aromatic rings. The number of amides is 1. The molecule has 1 fully saturated rings. The van der Waals surface area contributed by atoms with Crippen LogP contribution in [0.1, 0.15) is 36.1 Å². The summed E-state index contributed by atoms with van der Waals surface area (Å²) >= 11 is 1.77. The van der Waals surface area contributed by atoms with Crippen molar-refractivity contribution in [2.24, 2.45) is 5.92 Å². The van der Waals surface area contributed by atoms with Gasteiger partial charge in [0, 0.05) is 17.3 Å². The lowest BCUT2D eigenvalue weighted by Crippen LogP contribution is -2.38. The second-order valence-electron chi connectivity index (χ2n) is 6.13. The molecule has 1 saturated carbocycles. The van der Waals surface area contributed by atoms with Gasteiger partial charge < -0.3 is 5.32 Å². The van der Waals surface area contributed by atoms with Crippen molar-refractivity contribution in [3.8, 4) is 0 Å². The fourth-order valence-electron chi connectivity index (χ4n) is 2.86. The molecule has 1 amide bonds. The van der Waals surface area contributed by atoms with Crippen LogP contribution in [0.2, 0.25) is 0 Å². The van der Waals surface area contributed by atoms with Gasteiger partial charge in [-0.05, 0) is 55.0 Å². The highest BCUT2D eigenvalue weighted by molar-refractivity contribution is 7.09. The van der Waals surface area contributed by atoms with Crippen molar-refractivity contribution in [2.75, 3.05) is 0 Å². The average Bonchev–Trinajstić information content (AvgIpc) is 3.25. The first kappa shape index (κ1) is 15.3. The van der Waals surface area contributed by atoms with Gasteiger partial charge >= 0.3 is 0 Å². The Morgan fingerprint density at radius 2 is 2.00 bits per heavy atom. The Labute approximate surface area is 136 Å². The summed E-state index contributed by atoms with van der Waals surface area (Å²) in [5.41, 5.74) is 1.32. The fourth-order valence-corrected chi connectivity index (χ4v) is 3.61. The van der Waals surface area contributed by atoms with Gasteiger partial charge in [0.05, 0.1) is 0 Å². The maximum atomic E-state index is 12.2. The van der Waals surface area contributed by atoms with Crippen molar-refractivity contribution in [2.45, 2.75) is 44.6 Å². The molecule has 0 saturated heterocycles. The third-order valence-corrected chi connectivity index (χ3v) is 5.18. The number of hydrogen-bond acceptors (Lipinski definition) is 2. The number of carbonyl (C=O) groups is 1. The van der Waals surface area contributed by atoms with Crippen molar-refractivity contribution in [3.63, 3.8) is 0 Å². The van der Waals surface area contributed by atoms with E-state index < -0.39 is 0 Å². The molecule has 1 atom stereocenters. The molecular weight excluding hydrogens is 290 g/mol. The van der Waals surface area contributed by atoms with Crippen molar-refractivity contribution < 1.29 is 4.79 Å². The molecule has 1 unspecified atom stereocenters. The van der Waals surface area contributed by atoms with Gasteiger partial charge in [-0.3, -0.25) is 4.79 Å². The normalized spacial score (nSPS) is 15.5. The zero-order valence-electron chi connectivity index (χ0n) is 12.8. The lowest BCUT2D eigenvalue weighted by Gasteiger charge is -2.18. The van der Waals surface area contributed by atoms with Gasteiger partial charge in [0.1, 0.15) is 0 Å². The fraction of sp³-hybridized carbons (Fsp3) is 0.421. The largest absolute Gasteiger partial charge is 0.353 e. The van der Waals surface area contributed by atoms with Gasteiger partial charge in [-0.25, -0.2) is 0 Å². The molecule has 1 heterocycles. The van der Waals surface area contributed by atoms with Crippen LogP contribution in [0, 0.1) is 5.92 Å². The van der Waals surface area contributed by atoms with Crippen LogP contribution in [0.5, 0.6) is 0 Å². The Balaban J connectivity index is 1.45. The molecule has 1 aliphatic rings. The van der Waals surface area contributed by atoms with Gasteiger partial charge in [0.2, 0.25) is 5.91 Å². The number of aryl methyl sites for hydroxylation is 1. The summed E-state index contributed by atoms with van der Waals surface area (Å²) in [6.07, 6.45) is 6.06. The van der Waals surface area contributed by atoms with E-state index in [2.05, 4.69) is 47.1 Å². The van der Waals surface area contributed by atoms with E-state index in [4.69, 9.17) is 0 Å². The van der Waals surface area contributed by atoms with E-state index in [1.807, 2.05) is 6.07 Å². The highest BCUT2D eigenvalue weighted by atomic mass is 32.1. The number of rotatable bonds is 8. The van der Waals surface area contributed by atoms with Crippen LogP contribution in [0.25, 0.3) is 0 Å². The van der Waals surface area contributed by atoms with E-state index in [1.54, 1.807) is 11.3 Å². The van der Waals surface area contributed by atoms with E-state index in [-0.39, 0.29) is 5.91 Å². The first-order valence-electron chi connectivity index (χ1n) is 8.17. The van der Waals surface area contributed by atoms with Gasteiger partial charge in [0.15, 0.2) is 0 Å². The molecule has 2 nitrogen and oxygen atoms in total. The molecule has 0 spiro atoms. The Kier molecular flexibility index (Phi) is 5.28. The van der Waals surface area contributed by atoms with Crippen LogP contribution in [-0.2, 0) is 17.6 Å². The monoisotopic (exact) mass is 313 g/mol. The quantitative estimate of drug-likeness (QED) is 0.777. The van der Waals surface area contributed by atoms with Crippen LogP contribution in [-0.4, -0.2) is 11.9 Å². The molecule has 116 valence electrons. The molecule has 1 aromatic carbocycles. The Morgan fingerprint density at radius 1 is 1.18 bits per heavy atom. The summed E-state index contributed by atoms with van der Waals surface area (Å²) in [5.74, 6) is 0.894. The summed E-state index contributed by atoms with van der Waals surface area (Å²) < 4.78 is 0. The third-order valence-electron chi connectivity index (χ3n) is 4.24. The Bertz CT molecular complexity index is 575. The first-order valence-corrected chi connectivity index (χ1v) is 9.05. The molecule has 1 aromatic heterocycles. The van der Waals surface area contributed by atoms with E-state index in [1.165, 1.54) is 23.3 Å². The molecular formula is C19H23NOS. The molecule has 0 aliphatic heterocycles. The molecule has 3 heteroatoms. The van der Waals surface area contributed by atoms with Crippen LogP contribution in [0.3, 0.4) is 0 Å². The van der Waals surface area contributed by atoms with Gasteiger partial charge in [0.25, 0.3) is 0 Å². The zero-order chi connectivity index (χ0) is 15.2. The topological polar surface area (TPSA) is 29.1 Å². The van der Waals surface area contributed by atoms with Gasteiger partial charge in [-0.15, -0.1) is 11.3 Å². The van der Waals surface area contributed by atoms with Gasteiger partial charge in [-0.2, -0.15) is 0 Å². The summed E-state index contributed by atoms with van der Waals surface area (Å²) in [6, 6.07) is 15.0. The molecule has 1 N–H and O–H groups in total. The van der Waals surface area contributed by atoms with Crippen molar-refractivity contribution >= 4 is 17.2 Å². The number of thiophene rings is 1. The maximum Gasteiger partial charge on any atom is 0.220 e. The minimum absolute atomic E-state index is 0.212. The second-order valence-corrected chi connectivity index (χ2v) is 7.17. The van der Waals surface area contributed by atoms with Crippen molar-refractivity contribution in [3.05, 3.63) is 58.3 Å². The lowest BCUT2D eigenvalue weighted by atomic mass is 10.0. The molecule has 3 rings (SSSR count). The maximum absolute atomic E-state index is 12.2. The summed E-state index contributed by atoms with van der Waals surface area (Å²) in [6.45, 7) is 0. The number of carbonyl (C=O) groups excluding carboxylic acids is 1. The standard InChI is InChI=1S/C19H23NOS/c21-19(10-4-8-17-9-5-13-22-17)20-18(16-11-12-16)14-15-6-2-1-3-7-15/h1-3,5-7,9,13,16,18H,4,8,10-12,14H2,(H,20,21). The minimum Gasteiger partial charge on any atom is -0.353 e. The van der Waals surface area contributed by atoms with Crippen LogP contribution in [0.15, 0.2) is 47.8 Å². The number of benzene rings is 1. The SMILES string of the molecule is O=C(CCCc1cccs1)NC(Cc1ccccc1)C1CC1. The summed E-state index contributed by atoms with van der Waals surface area (Å²) in [7, 11) is 0. The Morgan fingerprint density at radius 3 is 2.68 bits per heavy atom. The van der Waals surface area contributed by atoms with E-state index in [9.17, 15) is 4.79 Å². The van der Waals surface area contributed by atoms with Crippen LogP contribution >= 0.6 is 11.3 Å². The predicted molar refractivity (Wildman–Crippen MR) is 92.1 cm³/mol. The highest BCUT2D eigenvalue weighted by Gasteiger charge is 2.32. The van der Waals surface area contributed by atoms with Crippen LogP contribution in [0.4, 0.5) is 0 Å². The molecule has 0 radical (unpaired) electrons. The summed E-state index contributed by atoms with van der Waals surface area (Å²) in [4.78, 5) is 13.6. The van der Waals surface area contributed by atoms with Crippen molar-refractivity contribution in [1.82, 2.24) is 5.32 Å². The lowest BCUT2D eigenvalue weighted by molar-refractivity contribution is -0.122. The smallest absolute Gasteiger partial charge is 0.220 e. The third kappa shape index (κ3) is 4.70. The van der Waals surface area contributed by atoms with E-state index in [0.29, 0.717) is 18.4 Å². The molecule has 1 aliphatic carbocycles. The average molecular weight is 313 g/mol. The Hall–Kier alpha value is -1.61. The van der Waals surface area contributed by atoms with E-state index >= 15 is 0 Å². The predicted octanol–water partition coefficient (Wildman–Crippen LogP) is 4.21. The van der Waals surface area contributed by atoms with Crippen molar-refractivity contribution in [1.29, 1.82) is 0 Å². The van der Waals surface area contributed by atoms with Gasteiger partial charge in [-0.1, -0.05) is 36.4 Å². The highest BCUT2D eigenvalue weighted by Crippen LogP contribution is 2.34. The first-order chi connectivity index (χ1) is 10.8. The summed E-state index contributed by atoms with van der Waals surface area (Å²) in [5, 5.41) is 5.37. The number of hydrogen-bond donors (Lipinski definition) is 1. The van der Waals surface area contributed by atoms with E-state index in [0.717, 1.165) is 19.3 Å². The molecule has 0 bridgehead atoms.